The van der Waals surface area contributed by atoms with Crippen LogP contribution in [0.3, 0.4) is 0 Å². The molecule has 2 atom stereocenters. The second-order valence-corrected chi connectivity index (χ2v) is 8.19. The van der Waals surface area contributed by atoms with Gasteiger partial charge in [-0.05, 0) is 54.8 Å². The lowest BCUT2D eigenvalue weighted by atomic mass is 9.91. The molecule has 0 amide bonds. The largest absolute Gasteiger partial charge is 0.493 e. The van der Waals surface area contributed by atoms with E-state index in [0.29, 0.717) is 36.0 Å². The molecule has 1 heterocycles. The number of piperidine rings is 1. The first kappa shape index (κ1) is 23.2. The van der Waals surface area contributed by atoms with Crippen molar-refractivity contribution in [3.63, 3.8) is 0 Å². The van der Waals surface area contributed by atoms with E-state index in [1.807, 2.05) is 35.2 Å². The van der Waals surface area contributed by atoms with Crippen molar-refractivity contribution in [2.75, 3.05) is 35.0 Å². The van der Waals surface area contributed by atoms with Crippen LogP contribution in [0.4, 0.5) is 0 Å². The molecule has 1 fully saturated rings. The average Bonchev–Trinajstić information content (AvgIpc) is 2.79. The van der Waals surface area contributed by atoms with Crippen molar-refractivity contribution < 1.29 is 28.8 Å². The minimum atomic E-state index is -0.818. The number of likely N-dealkylation sites (tertiary alicyclic amines) is 1. The number of nitrogens with zero attached hydrogens (tertiary/aromatic N) is 1. The van der Waals surface area contributed by atoms with Gasteiger partial charge in [0.25, 0.3) is 0 Å². The number of ether oxygens (including phenoxy) is 4. The van der Waals surface area contributed by atoms with Gasteiger partial charge in [0.05, 0.1) is 34.5 Å². The number of hydrogen-bond donors (Lipinski definition) is 1. The SMILES string of the molecule is COc1ccc(C(c2cc(OC)c(OC)cc2Br)N2CCCCC2C(=O)O)cc1OC. The Labute approximate surface area is 191 Å². The molecule has 0 radical (unpaired) electrons. The van der Waals surface area contributed by atoms with Crippen molar-refractivity contribution in [2.24, 2.45) is 0 Å². The van der Waals surface area contributed by atoms with Crippen LogP contribution >= 0.6 is 15.9 Å². The topological polar surface area (TPSA) is 77.5 Å². The summed E-state index contributed by atoms with van der Waals surface area (Å²) in [5.74, 6) is 1.56. The van der Waals surface area contributed by atoms with E-state index in [2.05, 4.69) is 15.9 Å². The zero-order valence-electron chi connectivity index (χ0n) is 18.2. The lowest BCUT2D eigenvalue weighted by molar-refractivity contribution is -0.145. The third-order valence-corrected chi connectivity index (χ3v) is 6.37. The molecule has 168 valence electrons. The molecule has 2 unspecified atom stereocenters. The highest BCUT2D eigenvalue weighted by Crippen LogP contribution is 2.43. The number of methoxy groups -OCH3 is 4. The molecule has 3 rings (SSSR count). The van der Waals surface area contributed by atoms with Crippen molar-refractivity contribution in [3.05, 3.63) is 45.9 Å². The monoisotopic (exact) mass is 493 g/mol. The minimum Gasteiger partial charge on any atom is -0.493 e. The maximum atomic E-state index is 12.1. The van der Waals surface area contributed by atoms with Crippen LogP contribution in [0.5, 0.6) is 23.0 Å². The van der Waals surface area contributed by atoms with Gasteiger partial charge in [0.1, 0.15) is 6.04 Å². The molecule has 1 saturated heterocycles. The first-order valence-electron chi connectivity index (χ1n) is 10.1. The second-order valence-electron chi connectivity index (χ2n) is 7.33. The summed E-state index contributed by atoms with van der Waals surface area (Å²) in [6, 6.07) is 8.51. The van der Waals surface area contributed by atoms with Gasteiger partial charge in [-0.1, -0.05) is 28.4 Å². The Morgan fingerprint density at radius 2 is 1.58 bits per heavy atom. The number of carboxylic acids is 1. The van der Waals surface area contributed by atoms with Crippen molar-refractivity contribution in [2.45, 2.75) is 31.3 Å². The zero-order chi connectivity index (χ0) is 22.5. The molecule has 8 heteroatoms. The summed E-state index contributed by atoms with van der Waals surface area (Å²) < 4.78 is 22.7. The third kappa shape index (κ3) is 4.75. The van der Waals surface area contributed by atoms with Gasteiger partial charge in [0, 0.05) is 4.47 Å². The quantitative estimate of drug-likeness (QED) is 0.579. The van der Waals surface area contributed by atoms with E-state index in [1.54, 1.807) is 28.4 Å². The fourth-order valence-corrected chi connectivity index (χ4v) is 4.72. The van der Waals surface area contributed by atoms with Gasteiger partial charge in [-0.2, -0.15) is 0 Å². The van der Waals surface area contributed by atoms with Gasteiger partial charge < -0.3 is 24.1 Å². The van der Waals surface area contributed by atoms with Gasteiger partial charge >= 0.3 is 5.97 Å². The molecule has 0 aromatic heterocycles. The maximum absolute atomic E-state index is 12.1. The minimum absolute atomic E-state index is 0.338. The molecule has 0 spiro atoms. The summed E-state index contributed by atoms with van der Waals surface area (Å²) in [5.41, 5.74) is 1.79. The Balaban J connectivity index is 2.21. The van der Waals surface area contributed by atoms with Crippen molar-refractivity contribution >= 4 is 21.9 Å². The number of aliphatic carboxylic acids is 1. The fourth-order valence-electron chi connectivity index (χ4n) is 4.18. The van der Waals surface area contributed by atoms with E-state index in [0.717, 1.165) is 28.4 Å². The van der Waals surface area contributed by atoms with Crippen LogP contribution in [0.25, 0.3) is 0 Å². The van der Waals surface area contributed by atoms with Crippen molar-refractivity contribution in [1.82, 2.24) is 4.90 Å². The van der Waals surface area contributed by atoms with Crippen molar-refractivity contribution in [1.29, 1.82) is 0 Å². The second kappa shape index (κ2) is 10.2. The Bertz CT molecular complexity index is 935. The summed E-state index contributed by atoms with van der Waals surface area (Å²) in [4.78, 5) is 14.2. The molecule has 2 aromatic rings. The summed E-state index contributed by atoms with van der Waals surface area (Å²) in [5, 5.41) is 9.94. The van der Waals surface area contributed by atoms with E-state index in [-0.39, 0.29) is 6.04 Å². The Morgan fingerprint density at radius 3 is 2.19 bits per heavy atom. The maximum Gasteiger partial charge on any atom is 0.320 e. The van der Waals surface area contributed by atoms with Crippen LogP contribution in [0, 0.1) is 0 Å². The summed E-state index contributed by atoms with van der Waals surface area (Å²) >= 11 is 3.67. The molecule has 1 aliphatic rings. The van der Waals surface area contributed by atoms with E-state index in [4.69, 9.17) is 18.9 Å². The number of rotatable bonds is 8. The van der Waals surface area contributed by atoms with Gasteiger partial charge in [0.2, 0.25) is 0 Å². The molecule has 0 aliphatic carbocycles. The Kier molecular flexibility index (Phi) is 7.67. The fraction of sp³-hybridized carbons (Fsp3) is 0.435. The summed E-state index contributed by atoms with van der Waals surface area (Å²) in [7, 11) is 6.34. The highest BCUT2D eigenvalue weighted by Gasteiger charge is 2.36. The van der Waals surface area contributed by atoms with Crippen molar-refractivity contribution in [3.8, 4) is 23.0 Å². The molecule has 7 nitrogen and oxygen atoms in total. The number of benzene rings is 2. The van der Waals surface area contributed by atoms with Crippen LogP contribution in [0.15, 0.2) is 34.8 Å². The van der Waals surface area contributed by atoms with Crippen LogP contribution < -0.4 is 18.9 Å². The number of carboxylic acid groups (broad SMARTS) is 1. The van der Waals surface area contributed by atoms with E-state index in [9.17, 15) is 9.90 Å². The number of halogens is 1. The normalized spacial score (nSPS) is 17.6. The van der Waals surface area contributed by atoms with Gasteiger partial charge in [-0.25, -0.2) is 0 Å². The molecule has 0 saturated carbocycles. The Morgan fingerprint density at radius 1 is 0.968 bits per heavy atom. The first-order chi connectivity index (χ1) is 14.9. The van der Waals surface area contributed by atoms with E-state index < -0.39 is 12.0 Å². The standard InChI is InChI=1S/C23H28BrNO6/c1-28-18-9-8-14(11-19(18)29-2)22(25-10-6-5-7-17(25)23(26)27)15-12-20(30-3)21(31-4)13-16(15)24/h8-9,11-13,17,22H,5-7,10H2,1-4H3,(H,26,27). The lowest BCUT2D eigenvalue weighted by Gasteiger charge is -2.40. The highest BCUT2D eigenvalue weighted by molar-refractivity contribution is 9.10. The van der Waals surface area contributed by atoms with Crippen LogP contribution in [0.1, 0.15) is 36.4 Å². The molecule has 31 heavy (non-hydrogen) atoms. The van der Waals surface area contributed by atoms with Gasteiger partial charge in [0.15, 0.2) is 23.0 Å². The molecule has 2 aromatic carbocycles. The smallest absolute Gasteiger partial charge is 0.320 e. The molecule has 1 aliphatic heterocycles. The Hall–Kier alpha value is -2.45. The molecular formula is C23H28BrNO6. The molecular weight excluding hydrogens is 466 g/mol. The predicted molar refractivity (Wildman–Crippen MR) is 121 cm³/mol. The van der Waals surface area contributed by atoms with Crippen LogP contribution in [-0.2, 0) is 4.79 Å². The van der Waals surface area contributed by atoms with Gasteiger partial charge in [-0.3, -0.25) is 9.69 Å². The molecule has 0 bridgehead atoms. The average molecular weight is 494 g/mol. The van der Waals surface area contributed by atoms with Gasteiger partial charge in [-0.15, -0.1) is 0 Å². The lowest BCUT2D eigenvalue weighted by Crippen LogP contribution is -2.47. The molecule has 1 N–H and O–H groups in total. The highest BCUT2D eigenvalue weighted by atomic mass is 79.9. The predicted octanol–water partition coefficient (Wildman–Crippen LogP) is 4.51. The number of hydrogen-bond acceptors (Lipinski definition) is 6. The van der Waals surface area contributed by atoms with Crippen LogP contribution in [0.2, 0.25) is 0 Å². The summed E-state index contributed by atoms with van der Waals surface area (Å²) in [6.45, 7) is 0.663. The zero-order valence-corrected chi connectivity index (χ0v) is 19.8. The summed E-state index contributed by atoms with van der Waals surface area (Å²) in [6.07, 6.45) is 2.42. The van der Waals surface area contributed by atoms with E-state index in [1.165, 1.54) is 0 Å². The number of carbonyl (C=O) groups is 1. The van der Waals surface area contributed by atoms with E-state index >= 15 is 0 Å². The third-order valence-electron chi connectivity index (χ3n) is 5.68. The first-order valence-corrected chi connectivity index (χ1v) is 10.9. The van der Waals surface area contributed by atoms with Crippen LogP contribution in [-0.4, -0.2) is 57.0 Å².